The van der Waals surface area contributed by atoms with Gasteiger partial charge in [0.2, 0.25) is 5.91 Å². The highest BCUT2D eigenvalue weighted by molar-refractivity contribution is 5.74. The molecule has 1 N–H and O–H groups in total. The van der Waals surface area contributed by atoms with Gasteiger partial charge < -0.3 is 10.2 Å². The maximum atomic E-state index is 11.8. The second-order valence-electron chi connectivity index (χ2n) is 5.45. The number of nitrogens with one attached hydrogen (secondary N) is 1. The Morgan fingerprint density at radius 2 is 2.00 bits per heavy atom. The average Bonchev–Trinajstić information content (AvgIpc) is 3.00. The van der Waals surface area contributed by atoms with E-state index in [4.69, 9.17) is 0 Å². The van der Waals surface area contributed by atoms with Gasteiger partial charge in [0, 0.05) is 32.1 Å². The van der Waals surface area contributed by atoms with Crippen LogP contribution in [-0.2, 0) is 4.79 Å². The summed E-state index contributed by atoms with van der Waals surface area (Å²) in [6.45, 7) is 4.37. The predicted molar refractivity (Wildman–Crippen MR) is 83.7 cm³/mol. The molecule has 114 valence electrons. The van der Waals surface area contributed by atoms with E-state index < -0.39 is 0 Å². The molecule has 0 aliphatic carbocycles. The van der Waals surface area contributed by atoms with Gasteiger partial charge in [-0.25, -0.2) is 9.97 Å². The van der Waals surface area contributed by atoms with Crippen LogP contribution < -0.4 is 5.32 Å². The summed E-state index contributed by atoms with van der Waals surface area (Å²) in [5, 5.41) is 3.25. The molecule has 0 unspecified atom stereocenters. The fourth-order valence-electron chi connectivity index (χ4n) is 2.85. The van der Waals surface area contributed by atoms with Gasteiger partial charge in [0.05, 0.1) is 6.04 Å². The summed E-state index contributed by atoms with van der Waals surface area (Å²) in [7, 11) is 0. The number of carbonyl (C=O) groups excluding carboxylic acids is 1. The summed E-state index contributed by atoms with van der Waals surface area (Å²) in [6.07, 6.45) is 6.96. The van der Waals surface area contributed by atoms with Crippen molar-refractivity contribution in [3.05, 3.63) is 42.0 Å². The van der Waals surface area contributed by atoms with E-state index in [1.54, 1.807) is 25.5 Å². The highest BCUT2D eigenvalue weighted by Gasteiger charge is 2.31. The topological polar surface area (TPSA) is 71.0 Å². The summed E-state index contributed by atoms with van der Waals surface area (Å²) in [5.74, 6) is 1.51. The van der Waals surface area contributed by atoms with Crippen LogP contribution in [0.2, 0.25) is 0 Å². The number of pyridine rings is 1. The first-order valence-electron chi connectivity index (χ1n) is 7.43. The molecule has 1 amide bonds. The van der Waals surface area contributed by atoms with E-state index in [0.717, 1.165) is 36.5 Å². The molecule has 22 heavy (non-hydrogen) atoms. The Hall–Kier alpha value is -2.50. The van der Waals surface area contributed by atoms with Gasteiger partial charge in [0.1, 0.15) is 11.5 Å². The van der Waals surface area contributed by atoms with Crippen molar-refractivity contribution in [2.75, 3.05) is 11.9 Å². The number of hydrogen-bond donors (Lipinski definition) is 1. The lowest BCUT2D eigenvalue weighted by atomic mass is 10.1. The molecule has 1 aliphatic heterocycles. The molecule has 2 aromatic rings. The SMILES string of the molecule is CC(=O)N1CCC[C@@H]1c1nccnc1Nc1ncccc1C. The van der Waals surface area contributed by atoms with E-state index >= 15 is 0 Å². The second kappa shape index (κ2) is 6.09. The van der Waals surface area contributed by atoms with Crippen LogP contribution in [0.1, 0.15) is 37.1 Å². The van der Waals surface area contributed by atoms with Gasteiger partial charge >= 0.3 is 0 Å². The van der Waals surface area contributed by atoms with E-state index in [1.165, 1.54) is 0 Å². The molecular weight excluding hydrogens is 278 g/mol. The zero-order chi connectivity index (χ0) is 15.5. The first-order chi connectivity index (χ1) is 10.7. The lowest BCUT2D eigenvalue weighted by Crippen LogP contribution is -2.29. The Kier molecular flexibility index (Phi) is 4.00. The number of nitrogens with zero attached hydrogens (tertiary/aromatic N) is 4. The molecule has 1 aliphatic rings. The molecule has 1 atom stereocenters. The normalized spacial score (nSPS) is 17.5. The summed E-state index contributed by atoms with van der Waals surface area (Å²) in [6, 6.07) is 3.87. The van der Waals surface area contributed by atoms with Gasteiger partial charge in [-0.05, 0) is 31.4 Å². The third-order valence-corrected chi connectivity index (χ3v) is 3.95. The van der Waals surface area contributed by atoms with E-state index in [2.05, 4.69) is 20.3 Å². The maximum Gasteiger partial charge on any atom is 0.220 e. The number of likely N-dealkylation sites (tertiary alicyclic amines) is 1. The molecule has 3 heterocycles. The molecule has 3 rings (SSSR count). The van der Waals surface area contributed by atoms with Gasteiger partial charge in [0.15, 0.2) is 5.82 Å². The predicted octanol–water partition coefficient (Wildman–Crippen LogP) is 2.61. The second-order valence-corrected chi connectivity index (χ2v) is 5.45. The minimum Gasteiger partial charge on any atom is -0.334 e. The van der Waals surface area contributed by atoms with E-state index in [-0.39, 0.29) is 11.9 Å². The first-order valence-corrected chi connectivity index (χ1v) is 7.43. The lowest BCUT2D eigenvalue weighted by Gasteiger charge is -2.24. The lowest BCUT2D eigenvalue weighted by molar-refractivity contribution is -0.129. The number of anilines is 2. The van der Waals surface area contributed by atoms with Gasteiger partial charge in [-0.2, -0.15) is 0 Å². The van der Waals surface area contributed by atoms with Crippen molar-refractivity contribution in [3.63, 3.8) is 0 Å². The van der Waals surface area contributed by atoms with E-state index in [9.17, 15) is 4.79 Å². The molecule has 1 saturated heterocycles. The summed E-state index contributed by atoms with van der Waals surface area (Å²) in [4.78, 5) is 26.9. The van der Waals surface area contributed by atoms with Crippen LogP contribution in [0.4, 0.5) is 11.6 Å². The number of amides is 1. The minimum absolute atomic E-state index is 0.0160. The third kappa shape index (κ3) is 2.77. The Bertz CT molecular complexity index is 688. The van der Waals surface area contributed by atoms with Crippen molar-refractivity contribution < 1.29 is 4.79 Å². The molecule has 2 aromatic heterocycles. The molecule has 0 saturated carbocycles. The Balaban J connectivity index is 1.93. The average molecular weight is 297 g/mol. The quantitative estimate of drug-likeness (QED) is 0.943. The number of hydrogen-bond acceptors (Lipinski definition) is 5. The molecule has 0 spiro atoms. The zero-order valence-corrected chi connectivity index (χ0v) is 12.8. The van der Waals surface area contributed by atoms with Crippen molar-refractivity contribution in [2.24, 2.45) is 0 Å². The highest BCUT2D eigenvalue weighted by atomic mass is 16.2. The van der Waals surface area contributed by atoms with Crippen LogP contribution in [-0.4, -0.2) is 32.3 Å². The standard InChI is InChI=1S/C16H19N5O/c1-11-5-3-7-18-15(11)20-16-14(17-8-9-19-16)13-6-4-10-21(13)12(2)22/h3,5,7-9,13H,4,6,10H2,1-2H3,(H,18,19,20)/t13-/m1/s1. The van der Waals surface area contributed by atoms with Crippen molar-refractivity contribution in [1.29, 1.82) is 0 Å². The van der Waals surface area contributed by atoms with Crippen LogP contribution >= 0.6 is 0 Å². The highest BCUT2D eigenvalue weighted by Crippen LogP contribution is 2.34. The minimum atomic E-state index is -0.0160. The van der Waals surface area contributed by atoms with Gasteiger partial charge in [0.25, 0.3) is 0 Å². The first kappa shape index (κ1) is 14.4. The van der Waals surface area contributed by atoms with Gasteiger partial charge in [-0.3, -0.25) is 9.78 Å². The van der Waals surface area contributed by atoms with Crippen LogP contribution in [0.3, 0.4) is 0 Å². The van der Waals surface area contributed by atoms with Crippen molar-refractivity contribution in [2.45, 2.75) is 32.7 Å². The van der Waals surface area contributed by atoms with E-state index in [0.29, 0.717) is 5.82 Å². The third-order valence-electron chi connectivity index (χ3n) is 3.95. The molecule has 0 radical (unpaired) electrons. The van der Waals surface area contributed by atoms with Gasteiger partial charge in [-0.1, -0.05) is 6.07 Å². The summed E-state index contributed by atoms with van der Waals surface area (Å²) < 4.78 is 0. The van der Waals surface area contributed by atoms with Crippen LogP contribution in [0.5, 0.6) is 0 Å². The zero-order valence-electron chi connectivity index (χ0n) is 12.8. The molecular formula is C16H19N5O. The smallest absolute Gasteiger partial charge is 0.220 e. The van der Waals surface area contributed by atoms with Crippen molar-refractivity contribution in [3.8, 4) is 0 Å². The molecule has 0 bridgehead atoms. The van der Waals surface area contributed by atoms with E-state index in [1.807, 2.05) is 24.0 Å². The Morgan fingerprint density at radius 1 is 1.23 bits per heavy atom. The largest absolute Gasteiger partial charge is 0.334 e. The summed E-state index contributed by atoms with van der Waals surface area (Å²) >= 11 is 0. The van der Waals surface area contributed by atoms with Crippen LogP contribution in [0.25, 0.3) is 0 Å². The number of carbonyl (C=O) groups is 1. The molecule has 1 fully saturated rings. The number of rotatable bonds is 3. The maximum absolute atomic E-state index is 11.8. The summed E-state index contributed by atoms with van der Waals surface area (Å²) in [5.41, 5.74) is 1.84. The Morgan fingerprint density at radius 3 is 2.77 bits per heavy atom. The molecule has 0 aromatic carbocycles. The molecule has 6 heteroatoms. The van der Waals surface area contributed by atoms with Crippen LogP contribution in [0, 0.1) is 6.92 Å². The number of aryl methyl sites for hydroxylation is 1. The molecule has 6 nitrogen and oxygen atoms in total. The van der Waals surface area contributed by atoms with Gasteiger partial charge in [-0.15, -0.1) is 0 Å². The number of aromatic nitrogens is 3. The van der Waals surface area contributed by atoms with Crippen molar-refractivity contribution in [1.82, 2.24) is 19.9 Å². The van der Waals surface area contributed by atoms with Crippen molar-refractivity contribution >= 4 is 17.5 Å². The fourth-order valence-corrected chi connectivity index (χ4v) is 2.85. The fraction of sp³-hybridized carbons (Fsp3) is 0.375. The Labute approximate surface area is 129 Å². The monoisotopic (exact) mass is 297 g/mol. The van der Waals surface area contributed by atoms with Crippen LogP contribution in [0.15, 0.2) is 30.7 Å².